The van der Waals surface area contributed by atoms with Crippen molar-refractivity contribution in [2.24, 2.45) is 0 Å². The van der Waals surface area contributed by atoms with Crippen LogP contribution in [0.4, 0.5) is 4.39 Å². The quantitative estimate of drug-likeness (QED) is 0.767. The van der Waals surface area contributed by atoms with Crippen LogP contribution >= 0.6 is 0 Å². The molecule has 0 aliphatic heterocycles. The van der Waals surface area contributed by atoms with Gasteiger partial charge in [-0.3, -0.25) is 4.79 Å². The molecule has 0 saturated carbocycles. The zero-order valence-corrected chi connectivity index (χ0v) is 11.8. The predicted octanol–water partition coefficient (Wildman–Crippen LogP) is 3.10. The number of ether oxygens (including phenoxy) is 3. The van der Waals surface area contributed by atoms with Crippen molar-refractivity contribution in [1.29, 1.82) is 0 Å². The van der Waals surface area contributed by atoms with E-state index in [1.165, 1.54) is 19.2 Å². The summed E-state index contributed by atoms with van der Waals surface area (Å²) in [4.78, 5) is 12.0. The molecule has 0 N–H and O–H groups in total. The molecule has 0 spiro atoms. The zero-order chi connectivity index (χ0) is 15.2. The summed E-state index contributed by atoms with van der Waals surface area (Å²) < 4.78 is 28.8. The number of rotatable bonds is 6. The fraction of sp³-hybridized carbons (Fsp3) is 0.188. The monoisotopic (exact) mass is 290 g/mol. The van der Waals surface area contributed by atoms with Crippen LogP contribution in [0.3, 0.4) is 0 Å². The van der Waals surface area contributed by atoms with Gasteiger partial charge in [-0.15, -0.1) is 0 Å². The molecule has 0 aliphatic carbocycles. The van der Waals surface area contributed by atoms with Crippen molar-refractivity contribution in [2.45, 2.75) is 0 Å². The Hall–Kier alpha value is -2.56. The van der Waals surface area contributed by atoms with E-state index >= 15 is 0 Å². The third kappa shape index (κ3) is 3.72. The second kappa shape index (κ2) is 6.74. The van der Waals surface area contributed by atoms with Crippen LogP contribution < -0.4 is 14.2 Å². The molecular weight excluding hydrogens is 275 g/mol. The topological polar surface area (TPSA) is 44.8 Å². The smallest absolute Gasteiger partial charge is 0.200 e. The Bertz CT molecular complexity index is 640. The summed E-state index contributed by atoms with van der Waals surface area (Å²) in [6.45, 7) is -0.182. The fourth-order valence-electron chi connectivity index (χ4n) is 1.76. The Morgan fingerprint density at radius 1 is 1.05 bits per heavy atom. The molecule has 0 atom stereocenters. The van der Waals surface area contributed by atoms with E-state index in [-0.39, 0.29) is 23.7 Å². The van der Waals surface area contributed by atoms with Gasteiger partial charge in [0.1, 0.15) is 11.5 Å². The minimum atomic E-state index is -0.579. The maximum atomic E-state index is 13.5. The third-order valence-corrected chi connectivity index (χ3v) is 2.88. The van der Waals surface area contributed by atoms with E-state index in [0.29, 0.717) is 11.5 Å². The largest absolute Gasteiger partial charge is 0.497 e. The molecule has 21 heavy (non-hydrogen) atoms. The molecule has 0 aromatic heterocycles. The first-order valence-electron chi connectivity index (χ1n) is 6.27. The Morgan fingerprint density at radius 2 is 1.81 bits per heavy atom. The number of hydrogen-bond donors (Lipinski definition) is 0. The Balaban J connectivity index is 2.02. The van der Waals surface area contributed by atoms with Crippen LogP contribution in [0.1, 0.15) is 10.4 Å². The van der Waals surface area contributed by atoms with Gasteiger partial charge in [0, 0.05) is 11.6 Å². The summed E-state index contributed by atoms with van der Waals surface area (Å²) in [6, 6.07) is 11.0. The lowest BCUT2D eigenvalue weighted by Crippen LogP contribution is -2.12. The molecule has 110 valence electrons. The van der Waals surface area contributed by atoms with Crippen LogP contribution in [0.15, 0.2) is 42.5 Å². The van der Waals surface area contributed by atoms with Crippen molar-refractivity contribution in [3.8, 4) is 17.2 Å². The van der Waals surface area contributed by atoms with Gasteiger partial charge in [-0.25, -0.2) is 4.39 Å². The maximum absolute atomic E-state index is 13.5. The Morgan fingerprint density at radius 3 is 2.48 bits per heavy atom. The van der Waals surface area contributed by atoms with Gasteiger partial charge in [0.25, 0.3) is 0 Å². The van der Waals surface area contributed by atoms with Crippen LogP contribution in [0.2, 0.25) is 0 Å². The van der Waals surface area contributed by atoms with Crippen LogP contribution in [0, 0.1) is 5.82 Å². The maximum Gasteiger partial charge on any atom is 0.200 e. The molecule has 4 nitrogen and oxygen atoms in total. The molecule has 0 aliphatic rings. The summed E-state index contributed by atoms with van der Waals surface area (Å²) in [5.74, 6) is 0.344. The molecule has 0 unspecified atom stereocenters. The molecule has 0 fully saturated rings. The van der Waals surface area contributed by atoms with E-state index in [1.54, 1.807) is 31.4 Å². The molecule has 0 bridgehead atoms. The first-order chi connectivity index (χ1) is 10.1. The van der Waals surface area contributed by atoms with Crippen molar-refractivity contribution >= 4 is 5.78 Å². The second-order valence-corrected chi connectivity index (χ2v) is 4.24. The first-order valence-corrected chi connectivity index (χ1v) is 6.27. The van der Waals surface area contributed by atoms with Gasteiger partial charge in [0.2, 0.25) is 0 Å². The lowest BCUT2D eigenvalue weighted by atomic mass is 10.1. The molecule has 0 amide bonds. The van der Waals surface area contributed by atoms with Gasteiger partial charge in [-0.05, 0) is 30.3 Å². The first kappa shape index (κ1) is 14.8. The van der Waals surface area contributed by atoms with E-state index in [0.717, 1.165) is 6.07 Å². The number of ketones is 1. The highest BCUT2D eigenvalue weighted by Crippen LogP contribution is 2.20. The highest BCUT2D eigenvalue weighted by molar-refractivity contribution is 5.97. The van der Waals surface area contributed by atoms with Crippen molar-refractivity contribution in [1.82, 2.24) is 0 Å². The van der Waals surface area contributed by atoms with E-state index in [2.05, 4.69) is 0 Å². The molecule has 2 rings (SSSR count). The van der Waals surface area contributed by atoms with Crippen molar-refractivity contribution in [3.05, 3.63) is 53.8 Å². The molecular formula is C16H15FO4. The standard InChI is InChI=1S/C16H15FO4/c1-19-12-4-3-5-13(9-12)21-10-15(18)11-6-7-16(20-2)14(17)8-11/h3-9H,10H2,1-2H3. The van der Waals surface area contributed by atoms with E-state index in [1.807, 2.05) is 0 Å². The molecule has 0 radical (unpaired) electrons. The van der Waals surface area contributed by atoms with Crippen molar-refractivity contribution in [2.75, 3.05) is 20.8 Å². The van der Waals surface area contributed by atoms with Crippen molar-refractivity contribution < 1.29 is 23.4 Å². The molecule has 5 heteroatoms. The van der Waals surface area contributed by atoms with E-state index in [4.69, 9.17) is 14.2 Å². The van der Waals surface area contributed by atoms with Gasteiger partial charge in [-0.1, -0.05) is 6.07 Å². The Labute approximate surface area is 122 Å². The van der Waals surface area contributed by atoms with E-state index < -0.39 is 5.82 Å². The summed E-state index contributed by atoms with van der Waals surface area (Å²) >= 11 is 0. The average Bonchev–Trinajstić information content (AvgIpc) is 2.52. The summed E-state index contributed by atoms with van der Waals surface area (Å²) in [7, 11) is 2.91. The SMILES string of the molecule is COc1cccc(OCC(=O)c2ccc(OC)c(F)c2)c1. The summed E-state index contributed by atoms with van der Waals surface area (Å²) in [6.07, 6.45) is 0. The van der Waals surface area contributed by atoms with Crippen molar-refractivity contribution in [3.63, 3.8) is 0 Å². The number of halogens is 1. The number of benzene rings is 2. The molecule has 2 aromatic rings. The number of Topliss-reactive ketones (excluding diaryl/α,β-unsaturated/α-hetero) is 1. The van der Waals surface area contributed by atoms with Crippen LogP contribution in [-0.4, -0.2) is 26.6 Å². The Kier molecular flexibility index (Phi) is 4.77. The fourth-order valence-corrected chi connectivity index (χ4v) is 1.76. The van der Waals surface area contributed by atoms with Gasteiger partial charge in [0.15, 0.2) is 24.0 Å². The highest BCUT2D eigenvalue weighted by atomic mass is 19.1. The van der Waals surface area contributed by atoms with Gasteiger partial charge < -0.3 is 14.2 Å². The number of carbonyl (C=O) groups excluding carboxylic acids is 1. The molecule has 2 aromatic carbocycles. The predicted molar refractivity (Wildman–Crippen MR) is 75.8 cm³/mol. The van der Waals surface area contributed by atoms with E-state index in [9.17, 15) is 9.18 Å². The molecule has 0 heterocycles. The third-order valence-electron chi connectivity index (χ3n) is 2.88. The van der Waals surface area contributed by atoms with Gasteiger partial charge >= 0.3 is 0 Å². The zero-order valence-electron chi connectivity index (χ0n) is 11.8. The lowest BCUT2D eigenvalue weighted by Gasteiger charge is -2.08. The highest BCUT2D eigenvalue weighted by Gasteiger charge is 2.11. The van der Waals surface area contributed by atoms with Crippen LogP contribution in [0.5, 0.6) is 17.2 Å². The van der Waals surface area contributed by atoms with Crippen LogP contribution in [-0.2, 0) is 0 Å². The second-order valence-electron chi connectivity index (χ2n) is 4.24. The van der Waals surface area contributed by atoms with Crippen LogP contribution in [0.25, 0.3) is 0 Å². The lowest BCUT2D eigenvalue weighted by molar-refractivity contribution is 0.0921. The van der Waals surface area contributed by atoms with Gasteiger partial charge in [0.05, 0.1) is 14.2 Å². The average molecular weight is 290 g/mol. The normalized spacial score (nSPS) is 10.0. The number of methoxy groups -OCH3 is 2. The summed E-state index contributed by atoms with van der Waals surface area (Å²) in [5.41, 5.74) is 0.233. The summed E-state index contributed by atoms with van der Waals surface area (Å²) in [5, 5.41) is 0. The minimum Gasteiger partial charge on any atom is -0.497 e. The number of carbonyl (C=O) groups is 1. The van der Waals surface area contributed by atoms with Gasteiger partial charge in [-0.2, -0.15) is 0 Å². The number of hydrogen-bond acceptors (Lipinski definition) is 4. The minimum absolute atomic E-state index is 0.0975. The molecule has 0 saturated heterocycles.